The maximum atomic E-state index is 12.3. The monoisotopic (exact) mass is 313 g/mol. The summed E-state index contributed by atoms with van der Waals surface area (Å²) in [5.41, 5.74) is 2.22. The van der Waals surface area contributed by atoms with Crippen LogP contribution in [0.1, 0.15) is 22.3 Å². The van der Waals surface area contributed by atoms with Crippen molar-refractivity contribution in [2.45, 2.75) is 6.42 Å². The minimum Gasteiger partial charge on any atom is -0.370 e. The molecule has 3 rings (SSSR count). The van der Waals surface area contributed by atoms with Gasteiger partial charge in [0.2, 0.25) is 0 Å². The highest BCUT2D eigenvalue weighted by Gasteiger charge is 2.14. The molecule has 1 aliphatic rings. The van der Waals surface area contributed by atoms with E-state index < -0.39 is 0 Å². The van der Waals surface area contributed by atoms with E-state index in [1.807, 2.05) is 24.3 Å². The van der Waals surface area contributed by atoms with Gasteiger partial charge in [-0.2, -0.15) is 0 Å². The third-order valence-corrected chi connectivity index (χ3v) is 3.69. The predicted molar refractivity (Wildman–Crippen MR) is 89.9 cm³/mol. The second-order valence-corrected chi connectivity index (χ2v) is 5.45. The van der Waals surface area contributed by atoms with E-state index in [1.165, 1.54) is 0 Å². The minimum atomic E-state index is -0.166. The molecule has 2 N–H and O–H groups in total. The zero-order valence-electron chi connectivity index (χ0n) is 12.0. The molecule has 0 atom stereocenters. The molecule has 2 aromatic rings. The summed E-state index contributed by atoms with van der Waals surface area (Å²) in [5.74, 6) is 0.666. The Labute approximate surface area is 134 Å². The Morgan fingerprint density at radius 1 is 1.14 bits per heavy atom. The summed E-state index contributed by atoms with van der Waals surface area (Å²) in [6, 6.07) is 14.5. The molecule has 1 amide bonds. The molecule has 1 aliphatic heterocycles. The van der Waals surface area contributed by atoms with Gasteiger partial charge < -0.3 is 10.6 Å². The third-order valence-electron chi connectivity index (χ3n) is 3.43. The van der Waals surface area contributed by atoms with Crippen LogP contribution in [-0.2, 0) is 0 Å². The van der Waals surface area contributed by atoms with E-state index in [1.54, 1.807) is 24.3 Å². The standard InChI is InChI=1S/C17H16ClN3O/c18-13-8-6-12(7-9-13)17(22)21-15-5-2-1-4-14(15)16-19-10-3-11-20-16/h1-2,4-9H,3,10-11H2,(H,19,20)(H,21,22). The van der Waals surface area contributed by atoms with Crippen molar-refractivity contribution in [1.29, 1.82) is 0 Å². The lowest BCUT2D eigenvalue weighted by molar-refractivity contribution is 0.102. The number of benzene rings is 2. The Morgan fingerprint density at radius 2 is 1.91 bits per heavy atom. The summed E-state index contributed by atoms with van der Waals surface area (Å²) < 4.78 is 0. The van der Waals surface area contributed by atoms with Crippen LogP contribution < -0.4 is 10.6 Å². The minimum absolute atomic E-state index is 0.166. The van der Waals surface area contributed by atoms with E-state index in [2.05, 4.69) is 15.6 Å². The summed E-state index contributed by atoms with van der Waals surface area (Å²) in [4.78, 5) is 16.8. The first-order chi connectivity index (χ1) is 10.7. The fourth-order valence-electron chi connectivity index (χ4n) is 2.31. The first-order valence-corrected chi connectivity index (χ1v) is 7.56. The van der Waals surface area contributed by atoms with Gasteiger partial charge in [-0.15, -0.1) is 0 Å². The van der Waals surface area contributed by atoms with Crippen LogP contribution >= 0.6 is 11.6 Å². The molecule has 4 nitrogen and oxygen atoms in total. The number of hydrogen-bond donors (Lipinski definition) is 2. The van der Waals surface area contributed by atoms with Gasteiger partial charge in [-0.05, 0) is 42.8 Å². The molecule has 0 saturated heterocycles. The maximum Gasteiger partial charge on any atom is 0.255 e. The van der Waals surface area contributed by atoms with Gasteiger partial charge in [0.15, 0.2) is 0 Å². The van der Waals surface area contributed by atoms with Crippen molar-refractivity contribution in [3.63, 3.8) is 0 Å². The first kappa shape index (κ1) is 14.6. The highest BCUT2D eigenvalue weighted by Crippen LogP contribution is 2.18. The largest absolute Gasteiger partial charge is 0.370 e. The molecule has 22 heavy (non-hydrogen) atoms. The second kappa shape index (κ2) is 6.62. The number of rotatable bonds is 3. The highest BCUT2D eigenvalue weighted by molar-refractivity contribution is 6.30. The van der Waals surface area contributed by atoms with Crippen LogP contribution in [0.3, 0.4) is 0 Å². The van der Waals surface area contributed by atoms with Crippen LogP contribution in [0.5, 0.6) is 0 Å². The summed E-state index contributed by atoms with van der Waals surface area (Å²) in [6.45, 7) is 1.71. The van der Waals surface area contributed by atoms with Gasteiger partial charge in [-0.3, -0.25) is 9.79 Å². The molecule has 0 aromatic heterocycles. The van der Waals surface area contributed by atoms with Crippen molar-refractivity contribution in [3.05, 3.63) is 64.7 Å². The molecule has 0 aliphatic carbocycles. The van der Waals surface area contributed by atoms with Crippen LogP contribution in [0.4, 0.5) is 5.69 Å². The van der Waals surface area contributed by atoms with Gasteiger partial charge in [0, 0.05) is 29.2 Å². The molecule has 0 unspecified atom stereocenters. The molecule has 0 saturated carbocycles. The van der Waals surface area contributed by atoms with Crippen molar-refractivity contribution in [2.24, 2.45) is 4.99 Å². The summed E-state index contributed by atoms with van der Waals surface area (Å²) in [7, 11) is 0. The number of hydrogen-bond acceptors (Lipinski definition) is 3. The molecular weight excluding hydrogens is 298 g/mol. The Morgan fingerprint density at radius 3 is 2.64 bits per heavy atom. The first-order valence-electron chi connectivity index (χ1n) is 7.19. The number of nitrogens with zero attached hydrogens (tertiary/aromatic N) is 1. The van der Waals surface area contributed by atoms with Gasteiger partial charge in [-0.25, -0.2) is 0 Å². The predicted octanol–water partition coefficient (Wildman–Crippen LogP) is 3.33. The molecule has 0 spiro atoms. The second-order valence-electron chi connectivity index (χ2n) is 5.02. The molecular formula is C17H16ClN3O. The lowest BCUT2D eigenvalue weighted by atomic mass is 10.1. The molecule has 112 valence electrons. The van der Waals surface area contributed by atoms with Crippen LogP contribution in [0.25, 0.3) is 0 Å². The zero-order chi connectivity index (χ0) is 15.4. The van der Waals surface area contributed by atoms with Crippen molar-refractivity contribution in [1.82, 2.24) is 5.32 Å². The number of amides is 1. The van der Waals surface area contributed by atoms with Crippen molar-refractivity contribution in [2.75, 3.05) is 18.4 Å². The number of carbonyl (C=O) groups excluding carboxylic acids is 1. The normalized spacial score (nSPS) is 14.0. The summed E-state index contributed by atoms with van der Waals surface area (Å²) in [5, 5.41) is 6.83. The number of para-hydroxylation sites is 1. The van der Waals surface area contributed by atoms with Crippen molar-refractivity contribution < 1.29 is 4.79 Å². The zero-order valence-corrected chi connectivity index (χ0v) is 12.7. The average molecular weight is 314 g/mol. The van der Waals surface area contributed by atoms with E-state index in [9.17, 15) is 4.79 Å². The van der Waals surface area contributed by atoms with E-state index in [4.69, 9.17) is 11.6 Å². The Balaban J connectivity index is 1.84. The molecule has 2 aromatic carbocycles. The Hall–Kier alpha value is -2.33. The quantitative estimate of drug-likeness (QED) is 0.913. The smallest absolute Gasteiger partial charge is 0.255 e. The van der Waals surface area contributed by atoms with Gasteiger partial charge >= 0.3 is 0 Å². The van der Waals surface area contributed by atoms with Gasteiger partial charge in [0.25, 0.3) is 5.91 Å². The molecule has 5 heteroatoms. The van der Waals surface area contributed by atoms with E-state index in [-0.39, 0.29) is 5.91 Å². The highest BCUT2D eigenvalue weighted by atomic mass is 35.5. The summed E-state index contributed by atoms with van der Waals surface area (Å²) in [6.07, 6.45) is 1.03. The molecule has 0 radical (unpaired) electrons. The maximum absolute atomic E-state index is 12.3. The van der Waals surface area contributed by atoms with Crippen LogP contribution in [0.15, 0.2) is 53.5 Å². The van der Waals surface area contributed by atoms with Crippen LogP contribution in [-0.4, -0.2) is 24.8 Å². The lowest BCUT2D eigenvalue weighted by Crippen LogP contribution is -2.31. The number of carbonyl (C=O) groups is 1. The fourth-order valence-corrected chi connectivity index (χ4v) is 2.43. The SMILES string of the molecule is O=C(Nc1ccccc1C1=NCCCN1)c1ccc(Cl)cc1. The van der Waals surface area contributed by atoms with Gasteiger partial charge in [0.1, 0.15) is 5.84 Å². The van der Waals surface area contributed by atoms with Crippen LogP contribution in [0.2, 0.25) is 5.02 Å². The number of aliphatic imine (C=N–C) groups is 1. The molecule has 1 heterocycles. The van der Waals surface area contributed by atoms with Gasteiger partial charge in [-0.1, -0.05) is 23.7 Å². The van der Waals surface area contributed by atoms with Crippen molar-refractivity contribution in [3.8, 4) is 0 Å². The molecule has 0 bridgehead atoms. The Kier molecular flexibility index (Phi) is 4.39. The fraction of sp³-hybridized carbons (Fsp3) is 0.176. The van der Waals surface area contributed by atoms with Crippen LogP contribution in [0, 0.1) is 0 Å². The average Bonchev–Trinajstić information content (AvgIpc) is 2.57. The number of anilines is 1. The van der Waals surface area contributed by atoms with E-state index in [0.717, 1.165) is 36.6 Å². The van der Waals surface area contributed by atoms with Crippen molar-refractivity contribution >= 4 is 29.0 Å². The third kappa shape index (κ3) is 3.28. The van der Waals surface area contributed by atoms with E-state index in [0.29, 0.717) is 10.6 Å². The summed E-state index contributed by atoms with van der Waals surface area (Å²) >= 11 is 5.85. The number of amidine groups is 1. The molecule has 0 fully saturated rings. The topological polar surface area (TPSA) is 53.5 Å². The van der Waals surface area contributed by atoms with Gasteiger partial charge in [0.05, 0.1) is 5.69 Å². The Bertz CT molecular complexity index is 710. The number of halogens is 1. The number of nitrogens with one attached hydrogen (secondary N) is 2. The van der Waals surface area contributed by atoms with E-state index >= 15 is 0 Å². The lowest BCUT2D eigenvalue weighted by Gasteiger charge is -2.17.